The number of nitrogens with zero attached hydrogens (tertiary/aromatic N) is 1. The Bertz CT molecular complexity index is 466. The fourth-order valence-corrected chi connectivity index (χ4v) is 2.11. The van der Waals surface area contributed by atoms with Crippen LogP contribution in [-0.2, 0) is 0 Å². The van der Waals surface area contributed by atoms with Crippen LogP contribution in [-0.4, -0.2) is 30.1 Å². The van der Waals surface area contributed by atoms with Crippen LogP contribution in [0.3, 0.4) is 0 Å². The van der Waals surface area contributed by atoms with Gasteiger partial charge >= 0.3 is 0 Å². The number of hydrogen-bond donors (Lipinski definition) is 0. The highest BCUT2D eigenvalue weighted by Gasteiger charge is 2.30. The van der Waals surface area contributed by atoms with E-state index >= 15 is 0 Å². The monoisotopic (exact) mass is 307 g/mol. The smallest absolute Gasteiger partial charge is 0.259 e. The summed E-state index contributed by atoms with van der Waals surface area (Å²) in [6, 6.07) is 2.19. The fourth-order valence-electron chi connectivity index (χ4n) is 1.78. The Balaban J connectivity index is 2.34. The summed E-state index contributed by atoms with van der Waals surface area (Å²) in [6.45, 7) is 0.0790. The summed E-state index contributed by atoms with van der Waals surface area (Å²) in [7, 11) is 0. The Hall–Kier alpha value is -1.04. The lowest BCUT2D eigenvalue weighted by atomic mass is 10.1. The minimum atomic E-state index is -1.11. The van der Waals surface area contributed by atoms with Crippen molar-refractivity contribution in [1.82, 2.24) is 4.90 Å². The normalized spacial score (nSPS) is 19.8. The zero-order valence-corrected chi connectivity index (χ0v) is 10.3. The number of carbonyl (C=O) groups excluding carboxylic acids is 1. The van der Waals surface area contributed by atoms with Gasteiger partial charge in [-0.15, -0.1) is 0 Å². The predicted molar refractivity (Wildman–Crippen MR) is 59.5 cm³/mol. The summed E-state index contributed by atoms with van der Waals surface area (Å²) in [5.41, 5.74) is -0.631. The molecule has 1 atom stereocenters. The molecule has 2 nitrogen and oxygen atoms in total. The molecule has 0 spiro atoms. The first kappa shape index (κ1) is 12.4. The van der Waals surface area contributed by atoms with Gasteiger partial charge in [0.2, 0.25) is 0 Å². The maximum Gasteiger partial charge on any atom is 0.259 e. The van der Waals surface area contributed by atoms with Crippen molar-refractivity contribution in [2.75, 3.05) is 13.1 Å². The molecular formula is C11H9BrF3NO. The second kappa shape index (κ2) is 4.68. The van der Waals surface area contributed by atoms with Crippen molar-refractivity contribution in [3.8, 4) is 0 Å². The topological polar surface area (TPSA) is 20.3 Å². The van der Waals surface area contributed by atoms with E-state index in [1.807, 2.05) is 0 Å². The predicted octanol–water partition coefficient (Wildman–Crippen LogP) is 2.91. The summed E-state index contributed by atoms with van der Waals surface area (Å²) < 4.78 is 40.0. The van der Waals surface area contributed by atoms with Gasteiger partial charge in [-0.05, 0) is 34.5 Å². The molecule has 1 saturated heterocycles. The minimum absolute atomic E-state index is 0.0123. The summed E-state index contributed by atoms with van der Waals surface area (Å²) in [6.07, 6.45) is -0.902. The number of benzene rings is 1. The molecule has 1 fully saturated rings. The SMILES string of the molecule is O=C(c1c(F)ccc(Br)c1F)N1CC[C@H](F)C1. The molecule has 1 aliphatic rings. The van der Waals surface area contributed by atoms with Gasteiger partial charge in [0.1, 0.15) is 17.6 Å². The number of carbonyl (C=O) groups is 1. The van der Waals surface area contributed by atoms with Crippen molar-refractivity contribution in [1.29, 1.82) is 0 Å². The average molecular weight is 308 g/mol. The Morgan fingerprint density at radius 3 is 2.71 bits per heavy atom. The van der Waals surface area contributed by atoms with E-state index in [4.69, 9.17) is 0 Å². The van der Waals surface area contributed by atoms with Gasteiger partial charge in [-0.2, -0.15) is 0 Å². The highest BCUT2D eigenvalue weighted by molar-refractivity contribution is 9.10. The molecular weight excluding hydrogens is 299 g/mol. The first-order valence-corrected chi connectivity index (χ1v) is 5.87. The molecule has 1 aliphatic heterocycles. The average Bonchev–Trinajstić information content (AvgIpc) is 2.71. The molecule has 1 aromatic rings. The lowest BCUT2D eigenvalue weighted by Gasteiger charge is -2.16. The van der Waals surface area contributed by atoms with Crippen molar-refractivity contribution in [3.63, 3.8) is 0 Å². The number of hydrogen-bond acceptors (Lipinski definition) is 1. The number of amides is 1. The maximum absolute atomic E-state index is 13.6. The van der Waals surface area contributed by atoms with Gasteiger partial charge in [0.15, 0.2) is 5.82 Å². The third-order valence-electron chi connectivity index (χ3n) is 2.68. The van der Waals surface area contributed by atoms with Gasteiger partial charge in [-0.3, -0.25) is 4.79 Å². The highest BCUT2D eigenvalue weighted by atomic mass is 79.9. The fraction of sp³-hybridized carbons (Fsp3) is 0.364. The minimum Gasteiger partial charge on any atom is -0.335 e. The van der Waals surface area contributed by atoms with Gasteiger partial charge in [-0.1, -0.05) is 0 Å². The van der Waals surface area contributed by atoms with E-state index in [0.29, 0.717) is 0 Å². The second-order valence-electron chi connectivity index (χ2n) is 3.86. The lowest BCUT2D eigenvalue weighted by Crippen LogP contribution is -2.30. The van der Waals surface area contributed by atoms with Crippen molar-refractivity contribution >= 4 is 21.8 Å². The summed E-state index contributed by atoms with van der Waals surface area (Å²) in [5.74, 6) is -2.68. The quantitative estimate of drug-likeness (QED) is 0.731. The van der Waals surface area contributed by atoms with Crippen molar-refractivity contribution < 1.29 is 18.0 Å². The first-order chi connectivity index (χ1) is 8.00. The molecule has 1 amide bonds. The third kappa shape index (κ3) is 2.31. The van der Waals surface area contributed by atoms with Gasteiger partial charge in [0.25, 0.3) is 5.91 Å². The van der Waals surface area contributed by atoms with E-state index in [1.54, 1.807) is 0 Å². The number of likely N-dealkylation sites (tertiary alicyclic amines) is 1. The van der Waals surface area contributed by atoms with Crippen molar-refractivity contribution in [2.45, 2.75) is 12.6 Å². The van der Waals surface area contributed by atoms with E-state index in [-0.39, 0.29) is 24.0 Å². The van der Waals surface area contributed by atoms with E-state index < -0.39 is 29.3 Å². The Morgan fingerprint density at radius 1 is 1.41 bits per heavy atom. The van der Waals surface area contributed by atoms with Gasteiger partial charge < -0.3 is 4.90 Å². The number of halogens is 4. The van der Waals surface area contributed by atoms with Gasteiger partial charge in [-0.25, -0.2) is 13.2 Å². The van der Waals surface area contributed by atoms with E-state index in [2.05, 4.69) is 15.9 Å². The molecule has 1 aromatic carbocycles. The second-order valence-corrected chi connectivity index (χ2v) is 4.71. The van der Waals surface area contributed by atoms with Crippen LogP contribution in [0.2, 0.25) is 0 Å². The molecule has 0 unspecified atom stereocenters. The summed E-state index contributed by atoms with van der Waals surface area (Å²) in [5, 5.41) is 0. The van der Waals surface area contributed by atoms with Crippen LogP contribution in [0.25, 0.3) is 0 Å². The van der Waals surface area contributed by atoms with Crippen LogP contribution >= 0.6 is 15.9 Å². The van der Waals surface area contributed by atoms with Crippen molar-refractivity contribution in [2.24, 2.45) is 0 Å². The van der Waals surface area contributed by atoms with Crippen LogP contribution in [0, 0.1) is 11.6 Å². The molecule has 1 heterocycles. The summed E-state index contributed by atoms with van der Waals surface area (Å²) >= 11 is 2.88. The Kier molecular flexibility index (Phi) is 3.42. The molecule has 0 N–H and O–H groups in total. The van der Waals surface area contributed by atoms with Crippen LogP contribution in [0.1, 0.15) is 16.8 Å². The number of alkyl halides is 1. The van der Waals surface area contributed by atoms with Crippen molar-refractivity contribution in [3.05, 3.63) is 33.8 Å². The molecule has 6 heteroatoms. The van der Waals surface area contributed by atoms with Crippen LogP contribution < -0.4 is 0 Å². The maximum atomic E-state index is 13.6. The molecule has 17 heavy (non-hydrogen) atoms. The van der Waals surface area contributed by atoms with Gasteiger partial charge in [0, 0.05) is 6.54 Å². The largest absolute Gasteiger partial charge is 0.335 e. The molecule has 0 aliphatic carbocycles. The zero-order valence-electron chi connectivity index (χ0n) is 8.72. The van der Waals surface area contributed by atoms with E-state index in [1.165, 1.54) is 6.07 Å². The van der Waals surface area contributed by atoms with Crippen LogP contribution in [0.15, 0.2) is 16.6 Å². The van der Waals surface area contributed by atoms with E-state index in [0.717, 1.165) is 11.0 Å². The standard InChI is InChI=1S/C11H9BrF3NO/c12-7-1-2-8(14)9(10(7)15)11(17)16-4-3-6(13)5-16/h1-2,6H,3-5H2/t6-/m0/s1. The van der Waals surface area contributed by atoms with Gasteiger partial charge in [0.05, 0.1) is 11.0 Å². The molecule has 0 saturated carbocycles. The Labute approximate surface area is 105 Å². The molecule has 92 valence electrons. The highest BCUT2D eigenvalue weighted by Crippen LogP contribution is 2.24. The van der Waals surface area contributed by atoms with Crippen LogP contribution in [0.5, 0.6) is 0 Å². The first-order valence-electron chi connectivity index (χ1n) is 5.07. The Morgan fingerprint density at radius 2 is 2.12 bits per heavy atom. The molecule has 0 aromatic heterocycles. The van der Waals surface area contributed by atoms with Crippen LogP contribution in [0.4, 0.5) is 13.2 Å². The third-order valence-corrected chi connectivity index (χ3v) is 3.29. The molecule has 0 radical (unpaired) electrons. The van der Waals surface area contributed by atoms with E-state index in [9.17, 15) is 18.0 Å². The molecule has 0 bridgehead atoms. The molecule has 2 rings (SSSR count). The zero-order chi connectivity index (χ0) is 12.6. The lowest BCUT2D eigenvalue weighted by molar-refractivity contribution is 0.0773. The number of rotatable bonds is 1. The summed E-state index contributed by atoms with van der Waals surface area (Å²) in [4.78, 5) is 13.0.